The minimum Gasteiger partial charge on any atom is -0.391 e. The molecule has 1 unspecified atom stereocenters. The first-order chi connectivity index (χ1) is 8.36. The lowest BCUT2D eigenvalue weighted by Crippen LogP contribution is -2.09. The number of alkyl halides is 1. The van der Waals surface area contributed by atoms with Gasteiger partial charge in [-0.25, -0.2) is 0 Å². The van der Waals surface area contributed by atoms with E-state index in [-0.39, 0.29) is 6.10 Å². The third-order valence-electron chi connectivity index (χ3n) is 2.99. The van der Waals surface area contributed by atoms with Gasteiger partial charge >= 0.3 is 0 Å². The molecule has 2 aromatic carbocycles. The van der Waals surface area contributed by atoms with Gasteiger partial charge in [0.15, 0.2) is 0 Å². The molecule has 1 aliphatic rings. The predicted molar refractivity (Wildman–Crippen MR) is 70.7 cm³/mol. The molecule has 0 amide bonds. The number of hydrogen-bond donors (Lipinski definition) is 0. The Balaban J connectivity index is 1.96. The molecule has 3 heteroatoms. The number of fused-ring (bicyclic) bond motifs is 1. The zero-order valence-electron chi connectivity index (χ0n) is 9.27. The molecule has 3 rings (SSSR count). The molecule has 0 saturated heterocycles. The average molecular weight is 246 g/mol. The first-order valence-corrected chi connectivity index (χ1v) is 6.18. The number of oxime groups is 1. The predicted octanol–water partition coefficient (Wildman–Crippen LogP) is 3.57. The molecule has 86 valence electrons. The molecule has 0 bridgehead atoms. The fourth-order valence-electron chi connectivity index (χ4n) is 2.05. The zero-order chi connectivity index (χ0) is 11.7. The van der Waals surface area contributed by atoms with Gasteiger partial charge in [0.25, 0.3) is 0 Å². The van der Waals surface area contributed by atoms with Gasteiger partial charge in [0.05, 0.1) is 11.6 Å². The van der Waals surface area contributed by atoms with E-state index in [2.05, 4.69) is 35.5 Å². The van der Waals surface area contributed by atoms with Crippen molar-refractivity contribution in [2.75, 3.05) is 5.88 Å². The summed E-state index contributed by atoms with van der Waals surface area (Å²) in [5.74, 6) is 0.487. The van der Waals surface area contributed by atoms with Gasteiger partial charge in [-0.3, -0.25) is 0 Å². The summed E-state index contributed by atoms with van der Waals surface area (Å²) < 4.78 is 0. The quantitative estimate of drug-likeness (QED) is 0.742. The SMILES string of the molecule is ClCC1CC(c2ccc3ccccc3c2)=NO1. The lowest BCUT2D eigenvalue weighted by Gasteiger charge is -2.03. The van der Waals surface area contributed by atoms with E-state index in [4.69, 9.17) is 16.4 Å². The van der Waals surface area contributed by atoms with Crippen LogP contribution in [0.4, 0.5) is 0 Å². The number of rotatable bonds is 2. The van der Waals surface area contributed by atoms with Crippen LogP contribution in [0.25, 0.3) is 10.8 Å². The van der Waals surface area contributed by atoms with Crippen molar-refractivity contribution in [2.24, 2.45) is 5.16 Å². The van der Waals surface area contributed by atoms with E-state index in [0.717, 1.165) is 17.7 Å². The minimum atomic E-state index is 0.0261. The molecular formula is C14H12ClNO. The van der Waals surface area contributed by atoms with Gasteiger partial charge in [-0.05, 0) is 16.8 Å². The average Bonchev–Trinajstić information content (AvgIpc) is 2.87. The summed E-state index contributed by atoms with van der Waals surface area (Å²) in [4.78, 5) is 5.24. The van der Waals surface area contributed by atoms with Gasteiger partial charge in [0.1, 0.15) is 6.10 Å². The molecule has 2 nitrogen and oxygen atoms in total. The molecule has 1 atom stereocenters. The van der Waals surface area contributed by atoms with Crippen molar-refractivity contribution in [1.29, 1.82) is 0 Å². The van der Waals surface area contributed by atoms with E-state index in [1.54, 1.807) is 0 Å². The van der Waals surface area contributed by atoms with Gasteiger partial charge in [-0.2, -0.15) is 0 Å². The van der Waals surface area contributed by atoms with Crippen molar-refractivity contribution in [3.63, 3.8) is 0 Å². The fraction of sp³-hybridized carbons (Fsp3) is 0.214. The Morgan fingerprint density at radius 3 is 2.76 bits per heavy atom. The second-order valence-corrected chi connectivity index (χ2v) is 4.49. The maximum Gasteiger partial charge on any atom is 0.146 e. The van der Waals surface area contributed by atoms with Crippen LogP contribution in [0, 0.1) is 0 Å². The first kappa shape index (κ1) is 10.6. The molecule has 1 heterocycles. The number of benzene rings is 2. The summed E-state index contributed by atoms with van der Waals surface area (Å²) >= 11 is 5.76. The van der Waals surface area contributed by atoms with Crippen molar-refractivity contribution in [3.05, 3.63) is 48.0 Å². The smallest absolute Gasteiger partial charge is 0.146 e. The maximum atomic E-state index is 5.76. The molecule has 0 N–H and O–H groups in total. The Kier molecular flexibility index (Phi) is 2.73. The Hall–Kier alpha value is -1.54. The van der Waals surface area contributed by atoms with Crippen LogP contribution in [0.3, 0.4) is 0 Å². The Morgan fingerprint density at radius 1 is 1.18 bits per heavy atom. The standard InChI is InChI=1S/C14H12ClNO/c15-9-13-8-14(16-17-13)12-6-5-10-3-1-2-4-11(10)7-12/h1-7,13H,8-9H2. The van der Waals surface area contributed by atoms with Gasteiger partial charge in [0.2, 0.25) is 0 Å². The molecule has 0 aromatic heterocycles. The van der Waals surface area contributed by atoms with E-state index in [1.807, 2.05) is 12.1 Å². The normalized spacial score (nSPS) is 19.1. The Morgan fingerprint density at radius 2 is 2.00 bits per heavy atom. The molecule has 0 fully saturated rings. The topological polar surface area (TPSA) is 21.6 Å². The molecule has 0 saturated carbocycles. The van der Waals surface area contributed by atoms with Crippen LogP contribution in [0.2, 0.25) is 0 Å². The summed E-state index contributed by atoms with van der Waals surface area (Å²) in [7, 11) is 0. The third-order valence-corrected chi connectivity index (χ3v) is 3.33. The van der Waals surface area contributed by atoms with Crippen molar-refractivity contribution in [1.82, 2.24) is 0 Å². The zero-order valence-corrected chi connectivity index (χ0v) is 10.0. The van der Waals surface area contributed by atoms with Crippen LogP contribution in [0.1, 0.15) is 12.0 Å². The third kappa shape index (κ3) is 2.01. The molecule has 17 heavy (non-hydrogen) atoms. The first-order valence-electron chi connectivity index (χ1n) is 5.64. The Bertz CT molecular complexity index is 579. The van der Waals surface area contributed by atoms with Gasteiger partial charge < -0.3 is 4.84 Å². The summed E-state index contributed by atoms with van der Waals surface area (Å²) in [5, 5.41) is 6.56. The summed E-state index contributed by atoms with van der Waals surface area (Å²) in [5.41, 5.74) is 2.11. The van der Waals surface area contributed by atoms with E-state index < -0.39 is 0 Å². The van der Waals surface area contributed by atoms with Crippen molar-refractivity contribution < 1.29 is 4.84 Å². The van der Waals surface area contributed by atoms with E-state index >= 15 is 0 Å². The molecule has 1 aliphatic heterocycles. The number of hydrogen-bond acceptors (Lipinski definition) is 2. The maximum absolute atomic E-state index is 5.76. The molecular weight excluding hydrogens is 234 g/mol. The highest BCUT2D eigenvalue weighted by atomic mass is 35.5. The second-order valence-electron chi connectivity index (χ2n) is 4.19. The Labute approximate surface area is 105 Å². The van der Waals surface area contributed by atoms with Crippen LogP contribution >= 0.6 is 11.6 Å². The minimum absolute atomic E-state index is 0.0261. The number of nitrogens with zero attached hydrogens (tertiary/aromatic N) is 1. The van der Waals surface area contributed by atoms with Crippen LogP contribution in [-0.2, 0) is 4.84 Å². The van der Waals surface area contributed by atoms with Crippen LogP contribution in [0.15, 0.2) is 47.6 Å². The van der Waals surface area contributed by atoms with Gasteiger partial charge in [0, 0.05) is 12.0 Å². The summed E-state index contributed by atoms with van der Waals surface area (Å²) in [6, 6.07) is 14.6. The summed E-state index contributed by atoms with van der Waals surface area (Å²) in [6.45, 7) is 0. The van der Waals surface area contributed by atoms with Crippen molar-refractivity contribution in [3.8, 4) is 0 Å². The van der Waals surface area contributed by atoms with Crippen molar-refractivity contribution in [2.45, 2.75) is 12.5 Å². The monoisotopic (exact) mass is 245 g/mol. The molecule has 0 aliphatic carbocycles. The van der Waals surface area contributed by atoms with E-state index in [0.29, 0.717) is 5.88 Å². The molecule has 0 spiro atoms. The van der Waals surface area contributed by atoms with E-state index in [1.165, 1.54) is 10.8 Å². The van der Waals surface area contributed by atoms with Crippen LogP contribution < -0.4 is 0 Å². The van der Waals surface area contributed by atoms with Crippen LogP contribution in [0.5, 0.6) is 0 Å². The molecule has 2 aromatic rings. The highest BCUT2D eigenvalue weighted by Crippen LogP contribution is 2.21. The summed E-state index contributed by atoms with van der Waals surface area (Å²) in [6.07, 6.45) is 0.820. The largest absolute Gasteiger partial charge is 0.391 e. The van der Waals surface area contributed by atoms with Crippen molar-refractivity contribution >= 4 is 28.1 Å². The van der Waals surface area contributed by atoms with Crippen LogP contribution in [-0.4, -0.2) is 17.7 Å². The second kappa shape index (κ2) is 4.38. The lowest BCUT2D eigenvalue weighted by molar-refractivity contribution is 0.102. The van der Waals surface area contributed by atoms with E-state index in [9.17, 15) is 0 Å². The van der Waals surface area contributed by atoms with Gasteiger partial charge in [-0.1, -0.05) is 41.6 Å². The fourth-order valence-corrected chi connectivity index (χ4v) is 2.22. The molecule has 0 radical (unpaired) electrons. The highest BCUT2D eigenvalue weighted by Gasteiger charge is 2.21. The van der Waals surface area contributed by atoms with Gasteiger partial charge in [-0.15, -0.1) is 11.6 Å². The number of halogens is 1. The highest BCUT2D eigenvalue weighted by molar-refractivity contribution is 6.18. The lowest BCUT2D eigenvalue weighted by atomic mass is 10.0.